The Balaban J connectivity index is 1.69. The Kier molecular flexibility index (Phi) is 5.87. The maximum Gasteiger partial charge on any atom is 0.305 e. The monoisotopic (exact) mass is 385 g/mol. The Bertz CT molecular complexity index is 660. The average Bonchev–Trinajstić information content (AvgIpc) is 3.39. The lowest BCUT2D eigenvalue weighted by atomic mass is 10.0. The second kappa shape index (κ2) is 7.94. The minimum atomic E-state index is -0.887. The van der Waals surface area contributed by atoms with Gasteiger partial charge in [-0.1, -0.05) is 29.3 Å². The summed E-state index contributed by atoms with van der Waals surface area (Å²) in [5.74, 6) is -0.811. The number of carboxylic acid groups (broad SMARTS) is 1. The Hall–Kier alpha value is -1.30. The number of benzene rings is 1. The van der Waals surface area contributed by atoms with E-state index in [9.17, 15) is 9.59 Å². The van der Waals surface area contributed by atoms with Crippen LogP contribution in [-0.2, 0) is 14.3 Å². The number of carbonyl (C=O) groups is 2. The standard InChI is InChI=1S/C18H21Cl2NO4/c19-15-2-1-11(9-16(15)20)13-10-14(13)18(24)21(6-3-17(22)23)12-4-7-25-8-5-12/h1-2,9,12-14H,3-8,10H2,(H,22,23)/t13-,14+/m0/s1. The predicted octanol–water partition coefficient (Wildman–Crippen LogP) is 3.58. The summed E-state index contributed by atoms with van der Waals surface area (Å²) in [6, 6.07) is 5.54. The van der Waals surface area contributed by atoms with Crippen LogP contribution < -0.4 is 0 Å². The zero-order valence-corrected chi connectivity index (χ0v) is 15.3. The molecule has 1 aromatic rings. The molecule has 0 bridgehead atoms. The maximum atomic E-state index is 13.0. The number of carboxylic acids is 1. The summed E-state index contributed by atoms with van der Waals surface area (Å²) in [4.78, 5) is 25.7. The number of nitrogens with zero attached hydrogens (tertiary/aromatic N) is 1. The molecule has 1 aliphatic heterocycles. The minimum absolute atomic E-state index is 0.0345. The molecule has 3 rings (SSSR count). The lowest BCUT2D eigenvalue weighted by Gasteiger charge is -2.34. The highest BCUT2D eigenvalue weighted by Crippen LogP contribution is 2.49. The molecule has 1 aromatic carbocycles. The number of hydrogen-bond donors (Lipinski definition) is 1. The number of carbonyl (C=O) groups excluding carboxylic acids is 1. The van der Waals surface area contributed by atoms with Crippen LogP contribution in [0.15, 0.2) is 18.2 Å². The highest BCUT2D eigenvalue weighted by Gasteiger charge is 2.47. The Morgan fingerprint density at radius 3 is 2.56 bits per heavy atom. The number of rotatable bonds is 6. The molecular formula is C18H21Cl2NO4. The molecule has 136 valence electrons. The number of hydrogen-bond acceptors (Lipinski definition) is 3. The molecule has 5 nitrogen and oxygen atoms in total. The van der Waals surface area contributed by atoms with Crippen molar-refractivity contribution in [2.24, 2.45) is 5.92 Å². The number of aliphatic carboxylic acids is 1. The fourth-order valence-electron chi connectivity index (χ4n) is 3.48. The fraction of sp³-hybridized carbons (Fsp3) is 0.556. The number of ether oxygens (including phenoxy) is 1. The first-order chi connectivity index (χ1) is 12.0. The van der Waals surface area contributed by atoms with Gasteiger partial charge in [0.25, 0.3) is 0 Å². The zero-order chi connectivity index (χ0) is 18.0. The molecule has 0 aromatic heterocycles. The van der Waals surface area contributed by atoms with E-state index < -0.39 is 5.97 Å². The Labute approximate surface area is 156 Å². The third kappa shape index (κ3) is 4.46. The normalized spacial score (nSPS) is 23.3. The van der Waals surface area contributed by atoms with Crippen LogP contribution in [-0.4, -0.2) is 47.7 Å². The molecule has 7 heteroatoms. The molecule has 2 fully saturated rings. The molecule has 0 unspecified atom stereocenters. The quantitative estimate of drug-likeness (QED) is 0.812. The molecule has 0 radical (unpaired) electrons. The predicted molar refractivity (Wildman–Crippen MR) is 95.1 cm³/mol. The minimum Gasteiger partial charge on any atom is -0.481 e. The number of halogens is 2. The van der Waals surface area contributed by atoms with E-state index in [1.807, 2.05) is 12.1 Å². The number of amides is 1. The molecule has 0 spiro atoms. The van der Waals surface area contributed by atoms with Crippen molar-refractivity contribution in [2.45, 2.75) is 37.6 Å². The van der Waals surface area contributed by atoms with Crippen LogP contribution in [0.3, 0.4) is 0 Å². The van der Waals surface area contributed by atoms with Gasteiger partial charge in [0.2, 0.25) is 5.91 Å². The molecule has 1 saturated heterocycles. The van der Waals surface area contributed by atoms with Crippen LogP contribution in [0.25, 0.3) is 0 Å². The smallest absolute Gasteiger partial charge is 0.305 e. The van der Waals surface area contributed by atoms with E-state index in [1.165, 1.54) is 0 Å². The molecule has 1 amide bonds. The van der Waals surface area contributed by atoms with E-state index in [0.29, 0.717) is 23.3 Å². The van der Waals surface area contributed by atoms with Gasteiger partial charge in [-0.3, -0.25) is 9.59 Å². The van der Waals surface area contributed by atoms with E-state index in [4.69, 9.17) is 33.0 Å². The van der Waals surface area contributed by atoms with Crippen molar-refractivity contribution in [1.29, 1.82) is 0 Å². The molecule has 2 atom stereocenters. The van der Waals surface area contributed by atoms with Gasteiger partial charge in [0, 0.05) is 31.7 Å². The summed E-state index contributed by atoms with van der Waals surface area (Å²) in [6.07, 6.45) is 2.25. The second-order valence-corrected chi connectivity index (χ2v) is 7.46. The maximum absolute atomic E-state index is 13.0. The molecule has 1 N–H and O–H groups in total. The lowest BCUT2D eigenvalue weighted by molar-refractivity contribution is -0.141. The lowest BCUT2D eigenvalue weighted by Crippen LogP contribution is -2.45. The first-order valence-electron chi connectivity index (χ1n) is 8.52. The summed E-state index contributed by atoms with van der Waals surface area (Å²) in [6.45, 7) is 1.48. The van der Waals surface area contributed by atoms with Gasteiger partial charge in [-0.2, -0.15) is 0 Å². The average molecular weight is 386 g/mol. The van der Waals surface area contributed by atoms with Crippen LogP contribution in [0.4, 0.5) is 0 Å². The van der Waals surface area contributed by atoms with Gasteiger partial charge in [0.1, 0.15) is 0 Å². The van der Waals surface area contributed by atoms with E-state index in [0.717, 1.165) is 24.8 Å². The van der Waals surface area contributed by atoms with Gasteiger partial charge >= 0.3 is 5.97 Å². The molecule has 25 heavy (non-hydrogen) atoms. The Morgan fingerprint density at radius 2 is 1.92 bits per heavy atom. The first kappa shape index (κ1) is 18.5. The first-order valence-corrected chi connectivity index (χ1v) is 9.28. The van der Waals surface area contributed by atoms with Gasteiger partial charge < -0.3 is 14.7 Å². The molecule has 1 heterocycles. The summed E-state index contributed by atoms with van der Waals surface area (Å²) in [5, 5.41) is 9.98. The van der Waals surface area contributed by atoms with Gasteiger partial charge in [0.05, 0.1) is 16.5 Å². The van der Waals surface area contributed by atoms with Crippen molar-refractivity contribution in [3.05, 3.63) is 33.8 Å². The van der Waals surface area contributed by atoms with E-state index >= 15 is 0 Å². The topological polar surface area (TPSA) is 66.8 Å². The summed E-state index contributed by atoms with van der Waals surface area (Å²) in [7, 11) is 0. The van der Waals surface area contributed by atoms with Crippen LogP contribution in [0, 0.1) is 5.92 Å². The fourth-order valence-corrected chi connectivity index (χ4v) is 3.78. The largest absolute Gasteiger partial charge is 0.481 e. The van der Waals surface area contributed by atoms with Crippen LogP contribution >= 0.6 is 23.2 Å². The highest BCUT2D eigenvalue weighted by atomic mass is 35.5. The van der Waals surface area contributed by atoms with Gasteiger partial charge in [0.15, 0.2) is 0 Å². The summed E-state index contributed by atoms with van der Waals surface area (Å²) in [5.41, 5.74) is 1.01. The third-order valence-electron chi connectivity index (χ3n) is 4.96. The van der Waals surface area contributed by atoms with E-state index in [-0.39, 0.29) is 36.8 Å². The van der Waals surface area contributed by atoms with Gasteiger partial charge in [-0.15, -0.1) is 0 Å². The van der Waals surface area contributed by atoms with Crippen molar-refractivity contribution < 1.29 is 19.4 Å². The molecule has 2 aliphatic rings. The van der Waals surface area contributed by atoms with Crippen molar-refractivity contribution in [1.82, 2.24) is 4.90 Å². The molecule has 1 aliphatic carbocycles. The SMILES string of the molecule is O=C(O)CCN(C(=O)[C@@H]1C[C@H]1c1ccc(Cl)c(Cl)c1)C1CCOCC1. The van der Waals surface area contributed by atoms with Crippen molar-refractivity contribution in [3.63, 3.8) is 0 Å². The van der Waals surface area contributed by atoms with Gasteiger partial charge in [-0.25, -0.2) is 0 Å². The van der Waals surface area contributed by atoms with Crippen LogP contribution in [0.5, 0.6) is 0 Å². The third-order valence-corrected chi connectivity index (χ3v) is 5.70. The van der Waals surface area contributed by atoms with E-state index in [2.05, 4.69) is 0 Å². The van der Waals surface area contributed by atoms with E-state index in [1.54, 1.807) is 11.0 Å². The zero-order valence-electron chi connectivity index (χ0n) is 13.8. The van der Waals surface area contributed by atoms with Crippen molar-refractivity contribution >= 4 is 35.1 Å². The Morgan fingerprint density at radius 1 is 1.20 bits per heavy atom. The van der Waals surface area contributed by atoms with Crippen molar-refractivity contribution in [2.75, 3.05) is 19.8 Å². The summed E-state index contributed by atoms with van der Waals surface area (Å²) >= 11 is 12.0. The summed E-state index contributed by atoms with van der Waals surface area (Å²) < 4.78 is 5.36. The van der Waals surface area contributed by atoms with Crippen molar-refractivity contribution in [3.8, 4) is 0 Å². The van der Waals surface area contributed by atoms with Crippen LogP contribution in [0.1, 0.15) is 37.2 Å². The molecular weight excluding hydrogens is 365 g/mol. The van der Waals surface area contributed by atoms with Crippen LogP contribution in [0.2, 0.25) is 10.0 Å². The second-order valence-electron chi connectivity index (χ2n) is 6.64. The highest BCUT2D eigenvalue weighted by molar-refractivity contribution is 6.42. The molecule has 1 saturated carbocycles. The van der Waals surface area contributed by atoms with Gasteiger partial charge in [-0.05, 0) is 42.9 Å².